The van der Waals surface area contributed by atoms with Gasteiger partial charge in [0.1, 0.15) is 0 Å². The van der Waals surface area contributed by atoms with E-state index in [0.29, 0.717) is 31.6 Å². The molecule has 5 nitrogen and oxygen atoms in total. The second-order valence-electron chi connectivity index (χ2n) is 6.44. The van der Waals surface area contributed by atoms with E-state index in [9.17, 15) is 8.42 Å². The summed E-state index contributed by atoms with van der Waals surface area (Å²) in [6.07, 6.45) is 5.06. The lowest BCUT2D eigenvalue weighted by Crippen LogP contribution is -2.47. The molecule has 1 rings (SSSR count). The second kappa shape index (κ2) is 9.08. The number of rotatable bonds is 9. The number of nitrogens with zero attached hydrogens (tertiary/aromatic N) is 2. The van der Waals surface area contributed by atoms with Gasteiger partial charge >= 0.3 is 0 Å². The molecular formula is C15H33N3O2S. The molecule has 0 amide bonds. The topological polar surface area (TPSA) is 52.7 Å². The molecule has 0 aromatic rings. The Morgan fingerprint density at radius 1 is 1.24 bits per heavy atom. The average Bonchev–Trinajstić information content (AvgIpc) is 2.45. The van der Waals surface area contributed by atoms with E-state index in [2.05, 4.69) is 26.1 Å². The van der Waals surface area contributed by atoms with E-state index >= 15 is 0 Å². The predicted molar refractivity (Wildman–Crippen MR) is 88.5 cm³/mol. The van der Waals surface area contributed by atoms with Crippen molar-refractivity contribution in [2.75, 3.05) is 33.2 Å². The lowest BCUT2D eigenvalue weighted by atomic mass is 9.98. The van der Waals surface area contributed by atoms with Crippen molar-refractivity contribution in [1.82, 2.24) is 13.9 Å². The molecule has 1 heterocycles. The van der Waals surface area contributed by atoms with Gasteiger partial charge in [0.15, 0.2) is 0 Å². The third-order valence-corrected chi connectivity index (χ3v) is 6.17. The molecule has 0 spiro atoms. The fourth-order valence-corrected chi connectivity index (χ4v) is 4.07. The Labute approximate surface area is 131 Å². The fourth-order valence-electron chi connectivity index (χ4n) is 2.64. The van der Waals surface area contributed by atoms with Crippen LogP contribution < -0.4 is 5.32 Å². The largest absolute Gasteiger partial charge is 0.314 e. The van der Waals surface area contributed by atoms with Crippen molar-refractivity contribution in [3.63, 3.8) is 0 Å². The van der Waals surface area contributed by atoms with Gasteiger partial charge in [0.2, 0.25) is 0 Å². The van der Waals surface area contributed by atoms with Crippen molar-refractivity contribution < 1.29 is 8.42 Å². The summed E-state index contributed by atoms with van der Waals surface area (Å²) in [4.78, 5) is 0. The van der Waals surface area contributed by atoms with Crippen molar-refractivity contribution in [3.05, 3.63) is 0 Å². The molecule has 0 saturated carbocycles. The maximum Gasteiger partial charge on any atom is 0.281 e. The average molecular weight is 320 g/mol. The highest BCUT2D eigenvalue weighted by molar-refractivity contribution is 7.86. The maximum atomic E-state index is 12.5. The molecule has 6 heteroatoms. The lowest BCUT2D eigenvalue weighted by molar-refractivity contribution is 0.250. The first-order chi connectivity index (χ1) is 9.87. The van der Waals surface area contributed by atoms with Crippen LogP contribution in [0.5, 0.6) is 0 Å². The van der Waals surface area contributed by atoms with Crippen molar-refractivity contribution in [3.8, 4) is 0 Å². The third-order valence-electron chi connectivity index (χ3n) is 4.18. The lowest BCUT2D eigenvalue weighted by Gasteiger charge is -2.34. The standard InChI is InChI=1S/C15H33N3O2S/c1-5-6-7-10-17(4)21(19,20)18-11-8-15(9-12-18)13-16-14(2)3/h14-16H,5-13H2,1-4H3. The first kappa shape index (κ1) is 18.9. The summed E-state index contributed by atoms with van der Waals surface area (Å²) in [6, 6.07) is 0.497. The molecular weight excluding hydrogens is 286 g/mol. The van der Waals surface area contributed by atoms with Gasteiger partial charge in [0.05, 0.1) is 0 Å². The molecule has 0 aliphatic carbocycles. The summed E-state index contributed by atoms with van der Waals surface area (Å²) in [5.41, 5.74) is 0. The number of nitrogens with one attached hydrogen (secondary N) is 1. The van der Waals surface area contributed by atoms with E-state index in [1.807, 2.05) is 0 Å². The third kappa shape index (κ3) is 6.22. The first-order valence-corrected chi connectivity index (χ1v) is 9.72. The molecule has 21 heavy (non-hydrogen) atoms. The smallest absolute Gasteiger partial charge is 0.281 e. The zero-order valence-electron chi connectivity index (χ0n) is 14.1. The number of hydrogen-bond acceptors (Lipinski definition) is 3. The molecule has 0 unspecified atom stereocenters. The Kier molecular flexibility index (Phi) is 8.16. The highest BCUT2D eigenvalue weighted by Crippen LogP contribution is 2.20. The van der Waals surface area contributed by atoms with Crippen LogP contribution in [0.25, 0.3) is 0 Å². The molecule has 1 saturated heterocycles. The van der Waals surface area contributed by atoms with Gasteiger partial charge in [-0.2, -0.15) is 17.0 Å². The highest BCUT2D eigenvalue weighted by atomic mass is 32.2. The van der Waals surface area contributed by atoms with Gasteiger partial charge in [-0.3, -0.25) is 0 Å². The Morgan fingerprint density at radius 3 is 2.38 bits per heavy atom. The van der Waals surface area contributed by atoms with Gasteiger partial charge in [0.25, 0.3) is 10.2 Å². The van der Waals surface area contributed by atoms with Gasteiger partial charge in [-0.05, 0) is 31.7 Å². The van der Waals surface area contributed by atoms with Gasteiger partial charge in [-0.1, -0.05) is 33.6 Å². The van der Waals surface area contributed by atoms with Crippen molar-refractivity contribution in [2.24, 2.45) is 5.92 Å². The highest BCUT2D eigenvalue weighted by Gasteiger charge is 2.30. The van der Waals surface area contributed by atoms with Crippen LogP contribution in [0.15, 0.2) is 0 Å². The van der Waals surface area contributed by atoms with Crippen LogP contribution >= 0.6 is 0 Å². The molecule has 1 N–H and O–H groups in total. The zero-order chi connectivity index (χ0) is 15.9. The fraction of sp³-hybridized carbons (Fsp3) is 1.00. The van der Waals surface area contributed by atoms with Gasteiger partial charge < -0.3 is 5.32 Å². The Hall–Kier alpha value is -0.170. The van der Waals surface area contributed by atoms with Gasteiger partial charge in [-0.15, -0.1) is 0 Å². The summed E-state index contributed by atoms with van der Waals surface area (Å²) in [5, 5.41) is 3.45. The van der Waals surface area contributed by atoms with E-state index in [-0.39, 0.29) is 0 Å². The monoisotopic (exact) mass is 319 g/mol. The molecule has 0 radical (unpaired) electrons. The van der Waals surface area contributed by atoms with Crippen LogP contribution in [-0.4, -0.2) is 56.3 Å². The molecule has 0 aromatic carbocycles. The number of unbranched alkanes of at least 4 members (excludes halogenated alkanes) is 2. The molecule has 0 aromatic heterocycles. The van der Waals surface area contributed by atoms with Crippen LogP contribution in [-0.2, 0) is 10.2 Å². The quantitative estimate of drug-likeness (QED) is 0.662. The predicted octanol–water partition coefficient (Wildman–Crippen LogP) is 2.06. The SMILES string of the molecule is CCCCCN(C)S(=O)(=O)N1CCC(CNC(C)C)CC1. The number of piperidine rings is 1. The Bertz CT molecular complexity index is 376. The minimum absolute atomic E-state index is 0.497. The number of hydrogen-bond donors (Lipinski definition) is 1. The summed E-state index contributed by atoms with van der Waals surface area (Å²) in [7, 11) is -1.55. The molecule has 0 atom stereocenters. The van der Waals surface area contributed by atoms with Crippen LogP contribution in [0.2, 0.25) is 0 Å². The zero-order valence-corrected chi connectivity index (χ0v) is 15.0. The molecule has 1 aliphatic heterocycles. The Morgan fingerprint density at radius 2 is 1.86 bits per heavy atom. The van der Waals surface area contributed by atoms with Crippen molar-refractivity contribution in [2.45, 2.75) is 58.9 Å². The van der Waals surface area contributed by atoms with E-state index < -0.39 is 10.2 Å². The minimum atomic E-state index is -3.25. The van der Waals surface area contributed by atoms with E-state index in [1.54, 1.807) is 11.4 Å². The van der Waals surface area contributed by atoms with E-state index in [0.717, 1.165) is 38.6 Å². The van der Waals surface area contributed by atoms with Crippen LogP contribution in [0, 0.1) is 5.92 Å². The molecule has 1 aliphatic rings. The summed E-state index contributed by atoms with van der Waals surface area (Å²) in [6.45, 7) is 9.36. The van der Waals surface area contributed by atoms with E-state index in [1.165, 1.54) is 4.31 Å². The normalized spacial score (nSPS) is 18.8. The minimum Gasteiger partial charge on any atom is -0.314 e. The Balaban J connectivity index is 2.40. The van der Waals surface area contributed by atoms with E-state index in [4.69, 9.17) is 0 Å². The van der Waals surface area contributed by atoms with Crippen LogP contribution in [0.4, 0.5) is 0 Å². The molecule has 1 fully saturated rings. The summed E-state index contributed by atoms with van der Waals surface area (Å²) in [5.74, 6) is 0.601. The van der Waals surface area contributed by atoms with Crippen molar-refractivity contribution in [1.29, 1.82) is 0 Å². The first-order valence-electron chi connectivity index (χ1n) is 8.32. The van der Waals surface area contributed by atoms with Crippen LogP contribution in [0.3, 0.4) is 0 Å². The van der Waals surface area contributed by atoms with Gasteiger partial charge in [-0.25, -0.2) is 0 Å². The summed E-state index contributed by atoms with van der Waals surface area (Å²) < 4.78 is 28.2. The van der Waals surface area contributed by atoms with Crippen molar-refractivity contribution >= 4 is 10.2 Å². The maximum absolute atomic E-state index is 12.5. The summed E-state index contributed by atoms with van der Waals surface area (Å²) >= 11 is 0. The molecule has 0 bridgehead atoms. The van der Waals surface area contributed by atoms with Gasteiger partial charge in [0, 0.05) is 32.7 Å². The second-order valence-corrected chi connectivity index (χ2v) is 8.48. The van der Waals surface area contributed by atoms with Crippen LogP contribution in [0.1, 0.15) is 52.9 Å². The molecule has 126 valence electrons.